The third-order valence-electron chi connectivity index (χ3n) is 4.57. The van der Waals surface area contributed by atoms with Gasteiger partial charge in [0.25, 0.3) is 0 Å². The molecule has 0 saturated carbocycles. The predicted molar refractivity (Wildman–Crippen MR) is 108 cm³/mol. The molecule has 30 heavy (non-hydrogen) atoms. The second-order valence-corrected chi connectivity index (χ2v) is 7.57. The van der Waals surface area contributed by atoms with Crippen molar-refractivity contribution in [2.24, 2.45) is 0 Å². The summed E-state index contributed by atoms with van der Waals surface area (Å²) in [5, 5.41) is 7.85. The highest BCUT2D eigenvalue weighted by Crippen LogP contribution is 2.29. The lowest BCUT2D eigenvalue weighted by molar-refractivity contribution is -0.141. The van der Waals surface area contributed by atoms with Gasteiger partial charge in [0.1, 0.15) is 6.54 Å². The highest BCUT2D eigenvalue weighted by molar-refractivity contribution is 7.99. The smallest absolute Gasteiger partial charge is 0.338 e. The van der Waals surface area contributed by atoms with Crippen LogP contribution in [0.4, 0.5) is 13.2 Å². The van der Waals surface area contributed by atoms with Gasteiger partial charge in [0, 0.05) is 25.0 Å². The second-order valence-electron chi connectivity index (χ2n) is 6.62. The van der Waals surface area contributed by atoms with E-state index in [0.29, 0.717) is 5.56 Å². The van der Waals surface area contributed by atoms with Crippen LogP contribution in [0.3, 0.4) is 0 Å². The van der Waals surface area contributed by atoms with Gasteiger partial charge < -0.3 is 4.90 Å². The first-order chi connectivity index (χ1) is 14.3. The Bertz CT molecular complexity index is 979. The fourth-order valence-corrected chi connectivity index (χ4v) is 3.69. The highest BCUT2D eigenvalue weighted by Gasteiger charge is 2.32. The van der Waals surface area contributed by atoms with E-state index in [2.05, 4.69) is 15.2 Å². The molecule has 6 nitrogen and oxygen atoms in total. The van der Waals surface area contributed by atoms with Gasteiger partial charge in [-0.05, 0) is 24.6 Å². The van der Waals surface area contributed by atoms with Crippen molar-refractivity contribution in [2.75, 3.05) is 12.8 Å². The Morgan fingerprint density at radius 2 is 1.80 bits per heavy atom. The zero-order valence-electron chi connectivity index (χ0n) is 16.4. The molecule has 3 aromatic rings. The van der Waals surface area contributed by atoms with Gasteiger partial charge in [-0.1, -0.05) is 42.1 Å². The number of amides is 1. The number of carbonyl (C=O) groups excluding carboxylic acids is 1. The number of halogens is 3. The predicted octanol–water partition coefficient (Wildman–Crippen LogP) is 4.21. The maximum Gasteiger partial charge on any atom is 0.406 e. The Hall–Kier alpha value is -2.88. The molecule has 0 radical (unpaired) electrons. The van der Waals surface area contributed by atoms with E-state index in [1.54, 1.807) is 24.1 Å². The molecule has 1 atom stereocenters. The summed E-state index contributed by atoms with van der Waals surface area (Å²) in [6.07, 6.45) is -1.52. The number of pyridine rings is 1. The van der Waals surface area contributed by atoms with E-state index >= 15 is 0 Å². The SMILES string of the molecule is CC(c1ccccc1)N(C)C(=O)CSc1nnc(-c2ccncc2)n1CC(F)(F)F. The quantitative estimate of drug-likeness (QED) is 0.520. The fourth-order valence-electron chi connectivity index (χ4n) is 2.83. The van der Waals surface area contributed by atoms with Crippen molar-refractivity contribution in [3.05, 3.63) is 60.4 Å². The van der Waals surface area contributed by atoms with E-state index in [9.17, 15) is 18.0 Å². The molecule has 0 fully saturated rings. The van der Waals surface area contributed by atoms with E-state index in [-0.39, 0.29) is 28.7 Å². The number of thioether (sulfide) groups is 1. The van der Waals surface area contributed by atoms with Gasteiger partial charge in [-0.3, -0.25) is 14.3 Å². The third kappa shape index (κ3) is 5.38. The summed E-state index contributed by atoms with van der Waals surface area (Å²) in [4.78, 5) is 18.1. The molecule has 1 aromatic carbocycles. The highest BCUT2D eigenvalue weighted by atomic mass is 32.2. The molecule has 10 heteroatoms. The summed E-state index contributed by atoms with van der Waals surface area (Å²) in [7, 11) is 1.67. The first kappa shape index (κ1) is 21.8. The Labute approximate surface area is 176 Å². The Morgan fingerprint density at radius 3 is 2.43 bits per heavy atom. The van der Waals surface area contributed by atoms with Gasteiger partial charge in [-0.2, -0.15) is 13.2 Å². The van der Waals surface area contributed by atoms with E-state index in [1.165, 1.54) is 12.4 Å². The number of carbonyl (C=O) groups is 1. The van der Waals surface area contributed by atoms with Crippen molar-refractivity contribution in [1.29, 1.82) is 0 Å². The van der Waals surface area contributed by atoms with E-state index in [0.717, 1.165) is 21.9 Å². The molecule has 1 unspecified atom stereocenters. The Morgan fingerprint density at radius 1 is 1.13 bits per heavy atom. The van der Waals surface area contributed by atoms with E-state index in [1.807, 2.05) is 37.3 Å². The summed E-state index contributed by atoms with van der Waals surface area (Å²) in [5.41, 5.74) is 1.44. The zero-order valence-corrected chi connectivity index (χ0v) is 17.2. The number of nitrogens with zero attached hydrogens (tertiary/aromatic N) is 5. The molecule has 2 aromatic heterocycles. The van der Waals surface area contributed by atoms with Crippen molar-refractivity contribution in [3.8, 4) is 11.4 Å². The molecule has 0 N–H and O–H groups in total. The summed E-state index contributed by atoms with van der Waals surface area (Å²) in [5.74, 6) is -0.195. The minimum atomic E-state index is -4.46. The standard InChI is InChI=1S/C20H20F3N5OS/c1-14(15-6-4-3-5-7-15)27(2)17(29)12-30-19-26-25-18(16-8-10-24-11-9-16)28(19)13-20(21,22)23/h3-11,14H,12-13H2,1-2H3. The van der Waals surface area contributed by atoms with Crippen molar-refractivity contribution in [2.45, 2.75) is 30.8 Å². The fraction of sp³-hybridized carbons (Fsp3) is 0.300. The number of hydrogen-bond acceptors (Lipinski definition) is 5. The van der Waals surface area contributed by atoms with Gasteiger partial charge >= 0.3 is 6.18 Å². The molecule has 1 amide bonds. The molecule has 0 aliphatic heterocycles. The van der Waals surface area contributed by atoms with Crippen LogP contribution < -0.4 is 0 Å². The summed E-state index contributed by atoms with van der Waals surface area (Å²) in [6, 6.07) is 12.5. The van der Waals surface area contributed by atoms with Gasteiger partial charge in [0.05, 0.1) is 11.8 Å². The van der Waals surface area contributed by atoms with Crippen molar-refractivity contribution < 1.29 is 18.0 Å². The van der Waals surface area contributed by atoms with Crippen molar-refractivity contribution in [3.63, 3.8) is 0 Å². The Balaban J connectivity index is 1.76. The molecule has 0 spiro atoms. The van der Waals surface area contributed by atoms with Crippen LogP contribution >= 0.6 is 11.8 Å². The molecule has 158 valence electrons. The van der Waals surface area contributed by atoms with Crippen LogP contribution in [-0.2, 0) is 11.3 Å². The molecular formula is C20H20F3N5OS. The first-order valence-electron chi connectivity index (χ1n) is 9.10. The molecule has 0 aliphatic rings. The average Bonchev–Trinajstić information content (AvgIpc) is 3.12. The summed E-state index contributed by atoms with van der Waals surface area (Å²) in [6.45, 7) is 0.649. The lowest BCUT2D eigenvalue weighted by Crippen LogP contribution is -2.31. The largest absolute Gasteiger partial charge is 0.406 e. The topological polar surface area (TPSA) is 63.9 Å². The first-order valence-corrected chi connectivity index (χ1v) is 10.1. The molecule has 0 saturated heterocycles. The zero-order chi connectivity index (χ0) is 21.7. The van der Waals surface area contributed by atoms with Crippen LogP contribution in [0, 0.1) is 0 Å². The molecule has 0 bridgehead atoms. The number of alkyl halides is 3. The molecule has 2 heterocycles. The van der Waals surface area contributed by atoms with Gasteiger partial charge in [0.2, 0.25) is 5.91 Å². The van der Waals surface area contributed by atoms with Gasteiger partial charge in [-0.15, -0.1) is 10.2 Å². The second kappa shape index (κ2) is 9.29. The van der Waals surface area contributed by atoms with Gasteiger partial charge in [0.15, 0.2) is 11.0 Å². The van der Waals surface area contributed by atoms with Crippen LogP contribution in [-0.4, -0.2) is 49.5 Å². The summed E-state index contributed by atoms with van der Waals surface area (Å²) >= 11 is 0.935. The van der Waals surface area contributed by atoms with Crippen molar-refractivity contribution in [1.82, 2.24) is 24.6 Å². The number of hydrogen-bond donors (Lipinski definition) is 0. The molecule has 0 aliphatic carbocycles. The van der Waals surface area contributed by atoms with Crippen LogP contribution in [0.1, 0.15) is 18.5 Å². The van der Waals surface area contributed by atoms with E-state index < -0.39 is 12.7 Å². The lowest BCUT2D eigenvalue weighted by Gasteiger charge is -2.25. The Kier molecular flexibility index (Phi) is 6.76. The third-order valence-corrected chi connectivity index (χ3v) is 5.53. The minimum Gasteiger partial charge on any atom is -0.338 e. The van der Waals surface area contributed by atoms with Crippen LogP contribution in [0.2, 0.25) is 0 Å². The number of rotatable bonds is 7. The normalized spacial score (nSPS) is 12.6. The molecule has 3 rings (SSSR count). The summed E-state index contributed by atoms with van der Waals surface area (Å²) < 4.78 is 40.4. The monoisotopic (exact) mass is 435 g/mol. The maximum absolute atomic E-state index is 13.1. The van der Waals surface area contributed by atoms with E-state index in [4.69, 9.17) is 0 Å². The van der Waals surface area contributed by atoms with Crippen LogP contribution in [0.25, 0.3) is 11.4 Å². The van der Waals surface area contributed by atoms with Crippen molar-refractivity contribution >= 4 is 17.7 Å². The average molecular weight is 435 g/mol. The lowest BCUT2D eigenvalue weighted by atomic mass is 10.1. The minimum absolute atomic E-state index is 0.0354. The van der Waals surface area contributed by atoms with Gasteiger partial charge in [-0.25, -0.2) is 0 Å². The van der Waals surface area contributed by atoms with Crippen LogP contribution in [0.5, 0.6) is 0 Å². The maximum atomic E-state index is 13.1. The number of benzene rings is 1. The molecular weight excluding hydrogens is 415 g/mol. The van der Waals surface area contributed by atoms with Crippen LogP contribution in [0.15, 0.2) is 60.0 Å². The number of aromatic nitrogens is 4.